The number of nitrogens with zero attached hydrogens (tertiary/aromatic N) is 9. The molecule has 4 aliphatic rings. The summed E-state index contributed by atoms with van der Waals surface area (Å²) in [6, 6.07) is 8.83. The van der Waals surface area contributed by atoms with Gasteiger partial charge in [-0.1, -0.05) is 0 Å². The minimum atomic E-state index is -3.69. The Morgan fingerprint density at radius 1 is 0.787 bits per heavy atom. The normalized spacial score (nSPS) is 18.8. The maximum Gasteiger partial charge on any atom is 0.414 e. The molecule has 6 rings (SSSR count). The van der Waals surface area contributed by atoms with Gasteiger partial charge in [-0.05, 0) is 36.4 Å². The maximum absolute atomic E-state index is 14.7. The average molecular weight is 921 g/mol. The highest BCUT2D eigenvalue weighted by molar-refractivity contribution is 8.11. The summed E-state index contributed by atoms with van der Waals surface area (Å²) in [6.07, 6.45) is 0.612. The third kappa shape index (κ3) is 13.2. The van der Waals surface area contributed by atoms with Gasteiger partial charge in [-0.3, -0.25) is 19.4 Å². The smallest absolute Gasteiger partial charge is 0.414 e. The number of hydrogen-bond donors (Lipinski definition) is 3. The SMILES string of the molecule is CC(=O)NC[C@H]1CN(c2ccc(N3C=NN(S(=O)(=O)N(C)C)CC3)c(F)c2)C(=O)O1.CC(=O)NC[C@H]1CN(c2ccc(N3C=NNCC3)c(F)c2)C(=O)O1.CN(C)S(=O)(=O)Cl. The lowest BCUT2D eigenvalue weighted by Gasteiger charge is -2.31. The van der Waals surface area contributed by atoms with Gasteiger partial charge in [0.2, 0.25) is 11.8 Å². The standard InChI is InChI=1S/C17H23FN6O5S.C15H18FN5O3.C2H6ClNO2S/c1-12(25)19-9-14-10-23(17(26)29-14)13-4-5-16(15(18)8-13)22-6-7-24(20-11-22)30(27,28)21(2)3;1-10(22)17-7-12-8-21(15(23)24-12)11-2-3-14(13(16)6-11)20-5-4-18-19-9-20;1-4(2)7(3,5)6/h4-5,8,11,14H,6-7,9-10H2,1-3H3,(H,19,25);2-3,6,9,12,18H,4-5,7-8H2,1H3,(H,17,22);1-2H3/t14-;12-;/m00./s1. The number of benzene rings is 2. The van der Waals surface area contributed by atoms with E-state index in [1.807, 2.05) is 0 Å². The van der Waals surface area contributed by atoms with E-state index < -0.39 is 55.5 Å². The zero-order valence-electron chi connectivity index (χ0n) is 34.0. The van der Waals surface area contributed by atoms with Crippen molar-refractivity contribution in [1.82, 2.24) is 29.1 Å². The predicted molar refractivity (Wildman–Crippen MR) is 223 cm³/mol. The predicted octanol–water partition coefficient (Wildman–Crippen LogP) is 0.830. The first-order valence-electron chi connectivity index (χ1n) is 18.3. The lowest BCUT2D eigenvalue weighted by Crippen LogP contribution is -2.45. The van der Waals surface area contributed by atoms with Gasteiger partial charge >= 0.3 is 22.4 Å². The molecule has 0 aliphatic carbocycles. The molecular weight excluding hydrogens is 874 g/mol. The number of carbonyl (C=O) groups excluding carboxylic acids is 4. The number of halogens is 3. The van der Waals surface area contributed by atoms with E-state index in [1.54, 1.807) is 23.1 Å². The molecule has 336 valence electrons. The van der Waals surface area contributed by atoms with Gasteiger partial charge in [-0.15, -0.1) is 0 Å². The fourth-order valence-corrected chi connectivity index (χ4v) is 6.40. The quantitative estimate of drug-likeness (QED) is 0.265. The monoisotopic (exact) mass is 920 g/mol. The van der Waals surface area contributed by atoms with E-state index in [-0.39, 0.29) is 56.8 Å². The first kappa shape index (κ1) is 48.1. The number of rotatable bonds is 11. The van der Waals surface area contributed by atoms with Gasteiger partial charge in [0, 0.05) is 65.8 Å². The topological polar surface area (TPSA) is 239 Å². The van der Waals surface area contributed by atoms with Crippen LogP contribution in [0, 0.1) is 11.6 Å². The summed E-state index contributed by atoms with van der Waals surface area (Å²) in [5, 5.41) is 13.0. The molecule has 27 heteroatoms. The van der Waals surface area contributed by atoms with Crippen molar-refractivity contribution in [2.45, 2.75) is 26.1 Å². The van der Waals surface area contributed by atoms with E-state index in [2.05, 4.69) is 26.3 Å². The highest BCUT2D eigenvalue weighted by atomic mass is 35.7. The summed E-state index contributed by atoms with van der Waals surface area (Å²) in [4.78, 5) is 51.8. The number of hydrazone groups is 2. The van der Waals surface area contributed by atoms with Gasteiger partial charge in [-0.25, -0.2) is 18.4 Å². The molecule has 4 heterocycles. The van der Waals surface area contributed by atoms with Crippen molar-refractivity contribution in [3.05, 3.63) is 48.0 Å². The van der Waals surface area contributed by atoms with Crippen LogP contribution < -0.4 is 35.7 Å². The van der Waals surface area contributed by atoms with Gasteiger partial charge in [0.05, 0.1) is 62.0 Å². The van der Waals surface area contributed by atoms with Crippen molar-refractivity contribution in [3.8, 4) is 0 Å². The Kier molecular flexibility index (Phi) is 16.4. The molecule has 2 fully saturated rings. The molecule has 0 bridgehead atoms. The number of ether oxygens (including phenoxy) is 2. The fraction of sp³-hybridized carbons (Fsp3) is 0.471. The van der Waals surface area contributed by atoms with Crippen molar-refractivity contribution in [3.63, 3.8) is 0 Å². The van der Waals surface area contributed by atoms with Crippen LogP contribution in [0.4, 0.5) is 41.1 Å². The zero-order chi connectivity index (χ0) is 45.2. The molecule has 0 aromatic heterocycles. The molecule has 61 heavy (non-hydrogen) atoms. The molecule has 0 radical (unpaired) electrons. The molecule has 0 saturated carbocycles. The van der Waals surface area contributed by atoms with Gasteiger partial charge in [-0.2, -0.15) is 40.1 Å². The number of carbonyl (C=O) groups is 4. The second-order valence-electron chi connectivity index (χ2n) is 13.7. The third-order valence-electron chi connectivity index (χ3n) is 8.78. The minimum Gasteiger partial charge on any atom is -0.442 e. The highest BCUT2D eigenvalue weighted by Crippen LogP contribution is 2.29. The molecule has 4 aliphatic heterocycles. The minimum absolute atomic E-state index is 0.0570. The lowest BCUT2D eigenvalue weighted by molar-refractivity contribution is -0.120. The zero-order valence-corrected chi connectivity index (χ0v) is 36.4. The molecular formula is C34H47ClF2N12O10S2. The molecule has 22 nitrogen and oxygen atoms in total. The third-order valence-corrected chi connectivity index (χ3v) is 12.2. The van der Waals surface area contributed by atoms with Crippen LogP contribution in [0.3, 0.4) is 0 Å². The Balaban J connectivity index is 0.000000236. The Bertz CT molecular complexity index is 2220. The van der Waals surface area contributed by atoms with Gasteiger partial charge < -0.3 is 35.3 Å². The van der Waals surface area contributed by atoms with Crippen LogP contribution in [0.25, 0.3) is 0 Å². The van der Waals surface area contributed by atoms with Crippen LogP contribution in [0.2, 0.25) is 0 Å². The molecule has 2 aromatic rings. The van der Waals surface area contributed by atoms with E-state index in [0.29, 0.717) is 30.2 Å². The van der Waals surface area contributed by atoms with Crippen molar-refractivity contribution < 1.29 is 54.3 Å². The molecule has 3 N–H and O–H groups in total. The largest absolute Gasteiger partial charge is 0.442 e. The summed E-state index contributed by atoms with van der Waals surface area (Å²) in [5.41, 5.74) is 4.12. The summed E-state index contributed by atoms with van der Waals surface area (Å²) >= 11 is 0. The summed E-state index contributed by atoms with van der Waals surface area (Å²) in [5.74, 6) is -1.47. The molecule has 2 atom stereocenters. The number of amides is 4. The van der Waals surface area contributed by atoms with Crippen molar-refractivity contribution in [2.75, 3.05) is 100 Å². The number of cyclic esters (lactones) is 2. The Hall–Kier alpha value is -5.57. The average Bonchev–Trinajstić information content (AvgIpc) is 3.77. The van der Waals surface area contributed by atoms with Crippen LogP contribution in [0.5, 0.6) is 0 Å². The van der Waals surface area contributed by atoms with E-state index in [9.17, 15) is 44.8 Å². The Morgan fingerprint density at radius 2 is 1.25 bits per heavy atom. The van der Waals surface area contributed by atoms with Crippen LogP contribution in [-0.2, 0) is 38.5 Å². The van der Waals surface area contributed by atoms with Crippen LogP contribution in [-0.4, -0.2) is 159 Å². The maximum atomic E-state index is 14.7. The van der Waals surface area contributed by atoms with Crippen LogP contribution in [0.1, 0.15) is 13.8 Å². The van der Waals surface area contributed by atoms with Crippen molar-refractivity contribution >= 4 is 89.6 Å². The first-order valence-corrected chi connectivity index (χ1v) is 21.9. The first-order chi connectivity index (χ1) is 28.6. The van der Waals surface area contributed by atoms with Gasteiger partial charge in [0.25, 0.3) is 9.24 Å². The highest BCUT2D eigenvalue weighted by Gasteiger charge is 2.34. The molecule has 2 saturated heterocycles. The second-order valence-corrected chi connectivity index (χ2v) is 18.5. The summed E-state index contributed by atoms with van der Waals surface area (Å²) < 4.78 is 86.7. The van der Waals surface area contributed by atoms with Gasteiger partial charge in [0.15, 0.2) is 0 Å². The summed E-state index contributed by atoms with van der Waals surface area (Å²) in [7, 11) is 3.17. The van der Waals surface area contributed by atoms with E-state index in [4.69, 9.17) is 20.2 Å². The molecule has 0 unspecified atom stereocenters. The van der Waals surface area contributed by atoms with Crippen molar-refractivity contribution in [1.29, 1.82) is 0 Å². The number of hydrogen-bond acceptors (Lipinski definition) is 15. The van der Waals surface area contributed by atoms with E-state index >= 15 is 0 Å². The van der Waals surface area contributed by atoms with Crippen LogP contribution in [0.15, 0.2) is 46.6 Å². The molecule has 4 amide bonds. The van der Waals surface area contributed by atoms with Crippen LogP contribution >= 0.6 is 10.7 Å². The van der Waals surface area contributed by atoms with Gasteiger partial charge in [0.1, 0.15) is 36.5 Å². The second kappa shape index (κ2) is 20.8. The van der Waals surface area contributed by atoms with E-state index in [0.717, 1.165) is 13.0 Å². The Morgan fingerprint density at radius 3 is 1.59 bits per heavy atom. The van der Waals surface area contributed by atoms with Crippen molar-refractivity contribution in [2.24, 2.45) is 10.2 Å². The summed E-state index contributed by atoms with van der Waals surface area (Å²) in [6.45, 7) is 5.09. The fourth-order valence-electron chi connectivity index (χ4n) is 5.55. The lowest BCUT2D eigenvalue weighted by atomic mass is 10.2. The molecule has 2 aromatic carbocycles. The number of nitrogens with one attached hydrogen (secondary N) is 3. The molecule has 0 spiro atoms. The number of anilines is 4. The Labute approximate surface area is 356 Å². The van der Waals surface area contributed by atoms with E-state index in [1.165, 1.54) is 87.6 Å².